The zero-order valence-electron chi connectivity index (χ0n) is 9.12. The number of esters is 1. The number of halogens is 1. The summed E-state index contributed by atoms with van der Waals surface area (Å²) in [5.74, 6) is -0.812. The molecular formula is C12H10BrNO3. The van der Waals surface area contributed by atoms with E-state index in [1.54, 1.807) is 6.07 Å². The van der Waals surface area contributed by atoms with Crippen molar-refractivity contribution in [1.82, 2.24) is 4.98 Å². The minimum absolute atomic E-state index is 0.249. The second-order valence-electron chi connectivity index (χ2n) is 3.56. The fraction of sp³-hybridized carbons (Fsp3) is 0.167. The van der Waals surface area contributed by atoms with Crippen LogP contribution in [0.1, 0.15) is 16.9 Å². The number of Topliss-reactive ketones (excluding diaryl/α,β-unsaturated/α-hetero) is 1. The summed E-state index contributed by atoms with van der Waals surface area (Å²) in [6.45, 7) is 0. The molecular weight excluding hydrogens is 286 g/mol. The molecule has 0 aliphatic heterocycles. The second kappa shape index (κ2) is 4.71. The molecule has 0 aliphatic rings. The maximum atomic E-state index is 11.7. The lowest BCUT2D eigenvalue weighted by Gasteiger charge is -1.96. The first-order valence-electron chi connectivity index (χ1n) is 4.99. The van der Waals surface area contributed by atoms with Gasteiger partial charge in [-0.25, -0.2) is 0 Å². The number of para-hydroxylation sites is 1. The average Bonchev–Trinajstić information content (AvgIpc) is 2.74. The summed E-state index contributed by atoms with van der Waals surface area (Å²) in [5, 5.41) is 0.924. The summed E-state index contributed by atoms with van der Waals surface area (Å²) in [7, 11) is 1.26. The number of methoxy groups -OCH3 is 1. The van der Waals surface area contributed by atoms with Crippen molar-refractivity contribution < 1.29 is 14.3 Å². The van der Waals surface area contributed by atoms with Crippen molar-refractivity contribution in [3.63, 3.8) is 0 Å². The Morgan fingerprint density at radius 1 is 1.41 bits per heavy atom. The number of ketones is 1. The SMILES string of the molecule is COC(=O)CC(=O)c1cc2cccc(Br)c2[nH]1. The van der Waals surface area contributed by atoms with E-state index in [0.717, 1.165) is 15.4 Å². The molecule has 0 saturated carbocycles. The van der Waals surface area contributed by atoms with E-state index in [2.05, 4.69) is 25.7 Å². The predicted molar refractivity (Wildman–Crippen MR) is 67.0 cm³/mol. The summed E-state index contributed by atoms with van der Waals surface area (Å²) in [6.07, 6.45) is -0.249. The monoisotopic (exact) mass is 295 g/mol. The molecule has 1 heterocycles. The minimum Gasteiger partial charge on any atom is -0.469 e. The van der Waals surface area contributed by atoms with Gasteiger partial charge in [0, 0.05) is 9.86 Å². The van der Waals surface area contributed by atoms with Gasteiger partial charge in [-0.2, -0.15) is 0 Å². The Labute approximate surface area is 106 Å². The molecule has 0 atom stereocenters. The van der Waals surface area contributed by atoms with Gasteiger partial charge in [0.15, 0.2) is 5.78 Å². The number of carbonyl (C=O) groups excluding carboxylic acids is 2. The normalized spacial score (nSPS) is 10.5. The highest BCUT2D eigenvalue weighted by atomic mass is 79.9. The average molecular weight is 296 g/mol. The zero-order chi connectivity index (χ0) is 12.4. The maximum absolute atomic E-state index is 11.7. The first-order valence-corrected chi connectivity index (χ1v) is 5.78. The largest absolute Gasteiger partial charge is 0.469 e. The minimum atomic E-state index is -0.535. The van der Waals surface area contributed by atoms with Crippen LogP contribution in [0, 0.1) is 0 Å². The predicted octanol–water partition coefficient (Wildman–Crippen LogP) is 2.68. The third-order valence-corrected chi connectivity index (χ3v) is 3.10. The van der Waals surface area contributed by atoms with E-state index in [1.165, 1.54) is 7.11 Å². The van der Waals surface area contributed by atoms with Gasteiger partial charge in [0.25, 0.3) is 0 Å². The molecule has 1 aromatic carbocycles. The number of aromatic nitrogens is 1. The molecule has 2 rings (SSSR count). The molecule has 0 fully saturated rings. The summed E-state index contributed by atoms with van der Waals surface area (Å²) in [4.78, 5) is 25.7. The number of aromatic amines is 1. The van der Waals surface area contributed by atoms with Crippen molar-refractivity contribution in [2.24, 2.45) is 0 Å². The van der Waals surface area contributed by atoms with Crippen LogP contribution in [-0.4, -0.2) is 23.8 Å². The molecule has 0 unspecified atom stereocenters. The van der Waals surface area contributed by atoms with Crippen LogP contribution in [0.15, 0.2) is 28.7 Å². The Bertz CT molecular complexity index is 588. The van der Waals surface area contributed by atoms with Gasteiger partial charge in [-0.05, 0) is 28.1 Å². The second-order valence-corrected chi connectivity index (χ2v) is 4.42. The first-order chi connectivity index (χ1) is 8.11. The van der Waals surface area contributed by atoms with Crippen LogP contribution >= 0.6 is 15.9 Å². The van der Waals surface area contributed by atoms with Crippen molar-refractivity contribution in [3.05, 3.63) is 34.4 Å². The van der Waals surface area contributed by atoms with Gasteiger partial charge in [0.1, 0.15) is 6.42 Å². The number of carbonyl (C=O) groups is 2. The van der Waals surface area contributed by atoms with Gasteiger partial charge < -0.3 is 9.72 Å². The Balaban J connectivity index is 2.34. The van der Waals surface area contributed by atoms with E-state index in [9.17, 15) is 9.59 Å². The summed E-state index contributed by atoms with van der Waals surface area (Å²) in [6, 6.07) is 7.39. The van der Waals surface area contributed by atoms with Crippen molar-refractivity contribution >= 4 is 38.6 Å². The molecule has 17 heavy (non-hydrogen) atoms. The Kier molecular flexibility index (Phi) is 3.28. The molecule has 0 amide bonds. The van der Waals surface area contributed by atoms with E-state index in [4.69, 9.17) is 0 Å². The fourth-order valence-electron chi connectivity index (χ4n) is 1.57. The van der Waals surface area contributed by atoms with Crippen LogP contribution < -0.4 is 0 Å². The molecule has 0 aliphatic carbocycles. The van der Waals surface area contributed by atoms with E-state index < -0.39 is 5.97 Å². The third kappa shape index (κ3) is 2.39. The number of fused-ring (bicyclic) bond motifs is 1. The lowest BCUT2D eigenvalue weighted by Crippen LogP contribution is -2.09. The van der Waals surface area contributed by atoms with Crippen LogP contribution in [-0.2, 0) is 9.53 Å². The topological polar surface area (TPSA) is 59.2 Å². The summed E-state index contributed by atoms with van der Waals surface area (Å²) >= 11 is 3.39. The number of benzene rings is 1. The first kappa shape index (κ1) is 11.9. The standard InChI is InChI=1S/C12H10BrNO3/c1-17-11(16)6-10(15)9-5-7-3-2-4-8(13)12(7)14-9/h2-5,14H,6H2,1H3. The number of rotatable bonds is 3. The molecule has 0 bridgehead atoms. The van der Waals surface area contributed by atoms with E-state index in [1.807, 2.05) is 18.2 Å². The number of hydrogen-bond donors (Lipinski definition) is 1. The van der Waals surface area contributed by atoms with Crippen molar-refractivity contribution in [3.8, 4) is 0 Å². The molecule has 1 aromatic heterocycles. The maximum Gasteiger partial charge on any atom is 0.313 e. The quantitative estimate of drug-likeness (QED) is 0.538. The van der Waals surface area contributed by atoms with E-state index in [-0.39, 0.29) is 12.2 Å². The smallest absolute Gasteiger partial charge is 0.313 e. The number of H-pyrrole nitrogens is 1. The van der Waals surface area contributed by atoms with Crippen molar-refractivity contribution in [2.75, 3.05) is 7.11 Å². The van der Waals surface area contributed by atoms with Gasteiger partial charge in [-0.1, -0.05) is 12.1 Å². The Hall–Kier alpha value is -1.62. The van der Waals surface area contributed by atoms with Crippen molar-refractivity contribution in [1.29, 1.82) is 0 Å². The lowest BCUT2D eigenvalue weighted by molar-refractivity contribution is -0.139. The highest BCUT2D eigenvalue weighted by molar-refractivity contribution is 9.10. The van der Waals surface area contributed by atoms with Gasteiger partial charge >= 0.3 is 5.97 Å². The number of nitrogens with one attached hydrogen (secondary N) is 1. The van der Waals surface area contributed by atoms with E-state index in [0.29, 0.717) is 5.69 Å². The molecule has 0 spiro atoms. The fourth-order valence-corrected chi connectivity index (χ4v) is 2.05. The summed E-state index contributed by atoms with van der Waals surface area (Å²) < 4.78 is 5.34. The summed E-state index contributed by atoms with van der Waals surface area (Å²) in [5.41, 5.74) is 1.26. The molecule has 0 radical (unpaired) electrons. The van der Waals surface area contributed by atoms with Crippen LogP contribution in [0.25, 0.3) is 10.9 Å². The lowest BCUT2D eigenvalue weighted by atomic mass is 10.2. The highest BCUT2D eigenvalue weighted by Crippen LogP contribution is 2.24. The Morgan fingerprint density at radius 2 is 2.18 bits per heavy atom. The molecule has 88 valence electrons. The van der Waals surface area contributed by atoms with Crippen molar-refractivity contribution in [2.45, 2.75) is 6.42 Å². The van der Waals surface area contributed by atoms with Crippen LogP contribution in [0.3, 0.4) is 0 Å². The number of ether oxygens (including phenoxy) is 1. The third-order valence-electron chi connectivity index (χ3n) is 2.44. The number of hydrogen-bond acceptors (Lipinski definition) is 3. The molecule has 1 N–H and O–H groups in total. The van der Waals surface area contributed by atoms with Gasteiger partial charge in [-0.15, -0.1) is 0 Å². The van der Waals surface area contributed by atoms with E-state index >= 15 is 0 Å². The molecule has 2 aromatic rings. The van der Waals surface area contributed by atoms with Crippen LogP contribution in [0.5, 0.6) is 0 Å². The molecule has 4 nitrogen and oxygen atoms in total. The van der Waals surface area contributed by atoms with Gasteiger partial charge in [0.05, 0.1) is 18.3 Å². The van der Waals surface area contributed by atoms with Crippen LogP contribution in [0.4, 0.5) is 0 Å². The van der Waals surface area contributed by atoms with Gasteiger partial charge in [0.2, 0.25) is 0 Å². The Morgan fingerprint density at radius 3 is 2.82 bits per heavy atom. The highest BCUT2D eigenvalue weighted by Gasteiger charge is 2.14. The van der Waals surface area contributed by atoms with Gasteiger partial charge in [-0.3, -0.25) is 9.59 Å². The molecule has 0 saturated heterocycles. The zero-order valence-corrected chi connectivity index (χ0v) is 10.7. The van der Waals surface area contributed by atoms with Crippen LogP contribution in [0.2, 0.25) is 0 Å². The molecule has 5 heteroatoms.